The molecule has 0 saturated carbocycles. The molecule has 2 heterocycles. The van der Waals surface area contributed by atoms with E-state index in [2.05, 4.69) is 4.98 Å². The zero-order chi connectivity index (χ0) is 14.0. The van der Waals surface area contributed by atoms with E-state index >= 15 is 0 Å². The summed E-state index contributed by atoms with van der Waals surface area (Å²) in [5.74, 6) is 0. The van der Waals surface area contributed by atoms with Crippen molar-refractivity contribution < 1.29 is 13.5 Å². The first-order chi connectivity index (χ1) is 8.93. The summed E-state index contributed by atoms with van der Waals surface area (Å²) in [6.45, 7) is 1.99. The molecule has 0 fully saturated rings. The number of aryl methyl sites for hydroxylation is 1. The summed E-state index contributed by atoms with van der Waals surface area (Å²) in [4.78, 5) is 4.89. The maximum atomic E-state index is 12.3. The minimum absolute atomic E-state index is 0.144. The molecule has 2 rings (SSSR count). The summed E-state index contributed by atoms with van der Waals surface area (Å²) in [6.07, 6.45) is 0. The SMILES string of the molecule is Cc1nc(CN(C)S(=O)(=O)c2ccc(CO)s2)cs1. The van der Waals surface area contributed by atoms with Crippen LogP contribution in [0.5, 0.6) is 0 Å². The van der Waals surface area contributed by atoms with E-state index in [4.69, 9.17) is 5.11 Å². The largest absolute Gasteiger partial charge is 0.391 e. The zero-order valence-corrected chi connectivity index (χ0v) is 13.0. The summed E-state index contributed by atoms with van der Waals surface area (Å²) in [7, 11) is -1.98. The number of aliphatic hydroxyl groups excluding tert-OH is 1. The molecule has 0 aliphatic rings. The Morgan fingerprint density at radius 1 is 1.42 bits per heavy atom. The molecule has 2 aromatic rings. The van der Waals surface area contributed by atoms with Crippen LogP contribution in [0.25, 0.3) is 0 Å². The van der Waals surface area contributed by atoms with E-state index in [1.54, 1.807) is 6.07 Å². The van der Waals surface area contributed by atoms with Gasteiger partial charge in [0, 0.05) is 17.3 Å². The Morgan fingerprint density at radius 3 is 2.68 bits per heavy atom. The molecule has 0 unspecified atom stereocenters. The average Bonchev–Trinajstić information content (AvgIpc) is 2.98. The third-order valence-corrected chi connectivity index (χ3v) is 6.67. The maximum Gasteiger partial charge on any atom is 0.252 e. The van der Waals surface area contributed by atoms with Gasteiger partial charge in [-0.1, -0.05) is 0 Å². The van der Waals surface area contributed by atoms with Crippen molar-refractivity contribution in [1.82, 2.24) is 9.29 Å². The van der Waals surface area contributed by atoms with Gasteiger partial charge in [0.15, 0.2) is 0 Å². The summed E-state index contributed by atoms with van der Waals surface area (Å²) in [6, 6.07) is 3.15. The first kappa shape index (κ1) is 14.6. The third kappa shape index (κ3) is 3.21. The summed E-state index contributed by atoms with van der Waals surface area (Å²) < 4.78 is 26.1. The monoisotopic (exact) mass is 318 g/mol. The van der Waals surface area contributed by atoms with Crippen LogP contribution in [-0.2, 0) is 23.2 Å². The molecule has 0 aliphatic carbocycles. The molecular formula is C11H14N2O3S3. The molecule has 1 N–H and O–H groups in total. The smallest absolute Gasteiger partial charge is 0.252 e. The fourth-order valence-electron chi connectivity index (χ4n) is 1.53. The van der Waals surface area contributed by atoms with Crippen LogP contribution >= 0.6 is 22.7 Å². The van der Waals surface area contributed by atoms with E-state index in [1.165, 1.54) is 28.8 Å². The van der Waals surface area contributed by atoms with Crippen molar-refractivity contribution in [2.45, 2.75) is 24.3 Å². The van der Waals surface area contributed by atoms with E-state index in [0.717, 1.165) is 22.0 Å². The molecule has 0 aliphatic heterocycles. The standard InChI is InChI=1S/C11H14N2O3S3/c1-8-12-9(7-17-8)5-13(2)19(15,16)11-4-3-10(6-14)18-11/h3-4,7,14H,5-6H2,1-2H3. The lowest BCUT2D eigenvalue weighted by Crippen LogP contribution is -2.25. The molecule has 0 radical (unpaired) electrons. The minimum Gasteiger partial charge on any atom is -0.391 e. The summed E-state index contributed by atoms with van der Waals surface area (Å²) >= 11 is 2.58. The molecule has 0 amide bonds. The lowest BCUT2D eigenvalue weighted by Gasteiger charge is -2.14. The molecule has 5 nitrogen and oxygen atoms in total. The average molecular weight is 318 g/mol. The molecule has 19 heavy (non-hydrogen) atoms. The van der Waals surface area contributed by atoms with Crippen molar-refractivity contribution in [3.63, 3.8) is 0 Å². The van der Waals surface area contributed by atoms with Gasteiger partial charge in [0.2, 0.25) is 0 Å². The van der Waals surface area contributed by atoms with Crippen LogP contribution in [-0.4, -0.2) is 29.9 Å². The normalized spacial score (nSPS) is 12.2. The van der Waals surface area contributed by atoms with Gasteiger partial charge in [-0.2, -0.15) is 4.31 Å². The van der Waals surface area contributed by atoms with Crippen molar-refractivity contribution >= 4 is 32.7 Å². The van der Waals surface area contributed by atoms with Crippen molar-refractivity contribution in [2.75, 3.05) is 7.05 Å². The Kier molecular flexibility index (Phi) is 4.36. The highest BCUT2D eigenvalue weighted by atomic mass is 32.2. The van der Waals surface area contributed by atoms with Gasteiger partial charge in [0.25, 0.3) is 10.0 Å². The number of aromatic nitrogens is 1. The first-order valence-corrected chi connectivity index (χ1v) is 8.64. The van der Waals surface area contributed by atoms with Gasteiger partial charge in [-0.25, -0.2) is 13.4 Å². The highest BCUT2D eigenvalue weighted by Crippen LogP contribution is 2.25. The molecule has 0 spiro atoms. The number of rotatable bonds is 5. The van der Waals surface area contributed by atoms with Gasteiger partial charge in [0.05, 0.1) is 23.9 Å². The quantitative estimate of drug-likeness (QED) is 0.913. The highest BCUT2D eigenvalue weighted by molar-refractivity contribution is 7.91. The second-order valence-electron chi connectivity index (χ2n) is 4.00. The van der Waals surface area contributed by atoms with Gasteiger partial charge in [-0.3, -0.25) is 0 Å². The molecule has 0 bridgehead atoms. The van der Waals surface area contributed by atoms with Gasteiger partial charge in [-0.05, 0) is 19.1 Å². The molecule has 0 aromatic carbocycles. The Bertz CT molecular complexity index is 660. The van der Waals surface area contributed by atoms with Gasteiger partial charge in [0.1, 0.15) is 4.21 Å². The van der Waals surface area contributed by atoms with E-state index in [-0.39, 0.29) is 17.4 Å². The Balaban J connectivity index is 2.19. The molecular weight excluding hydrogens is 304 g/mol. The molecule has 104 valence electrons. The molecule has 0 saturated heterocycles. The lowest BCUT2D eigenvalue weighted by molar-refractivity contribution is 0.285. The van der Waals surface area contributed by atoms with Crippen molar-refractivity contribution in [3.05, 3.63) is 33.1 Å². The fourth-order valence-corrected chi connectivity index (χ4v) is 4.70. The van der Waals surface area contributed by atoms with Crippen LogP contribution in [0.2, 0.25) is 0 Å². The third-order valence-electron chi connectivity index (χ3n) is 2.51. The topological polar surface area (TPSA) is 70.5 Å². The van der Waals surface area contributed by atoms with Gasteiger partial charge in [-0.15, -0.1) is 22.7 Å². The maximum absolute atomic E-state index is 12.3. The predicted octanol–water partition coefficient (Wildman–Crippen LogP) is 1.83. The number of aliphatic hydroxyl groups is 1. The number of hydrogen-bond donors (Lipinski definition) is 1. The van der Waals surface area contributed by atoms with Crippen LogP contribution < -0.4 is 0 Å². The zero-order valence-electron chi connectivity index (χ0n) is 10.5. The minimum atomic E-state index is -3.51. The number of thiazole rings is 1. The van der Waals surface area contributed by atoms with Crippen LogP contribution in [0, 0.1) is 6.92 Å². The molecule has 2 aromatic heterocycles. The van der Waals surface area contributed by atoms with Gasteiger partial charge < -0.3 is 5.11 Å². The second kappa shape index (κ2) is 5.68. The Morgan fingerprint density at radius 2 is 2.16 bits per heavy atom. The van der Waals surface area contributed by atoms with Crippen LogP contribution in [0.3, 0.4) is 0 Å². The predicted molar refractivity (Wildman–Crippen MR) is 75.7 cm³/mol. The van der Waals surface area contributed by atoms with Gasteiger partial charge >= 0.3 is 0 Å². The first-order valence-electron chi connectivity index (χ1n) is 5.50. The van der Waals surface area contributed by atoms with E-state index < -0.39 is 10.0 Å². The molecule has 8 heteroatoms. The van der Waals surface area contributed by atoms with Crippen molar-refractivity contribution in [2.24, 2.45) is 0 Å². The van der Waals surface area contributed by atoms with Crippen LogP contribution in [0.4, 0.5) is 0 Å². The van der Waals surface area contributed by atoms with Crippen LogP contribution in [0.1, 0.15) is 15.6 Å². The van der Waals surface area contributed by atoms with E-state index in [1.807, 2.05) is 12.3 Å². The fraction of sp³-hybridized carbons (Fsp3) is 0.364. The van der Waals surface area contributed by atoms with Crippen LogP contribution in [0.15, 0.2) is 21.7 Å². The Hall–Kier alpha value is -0.800. The van der Waals surface area contributed by atoms with Crippen molar-refractivity contribution in [3.8, 4) is 0 Å². The molecule has 0 atom stereocenters. The van der Waals surface area contributed by atoms with Crippen molar-refractivity contribution in [1.29, 1.82) is 0 Å². The Labute approximate surface area is 120 Å². The summed E-state index contributed by atoms with van der Waals surface area (Å²) in [5, 5.41) is 11.8. The second-order valence-corrected chi connectivity index (χ2v) is 8.50. The lowest BCUT2D eigenvalue weighted by atomic mass is 10.5. The highest BCUT2D eigenvalue weighted by Gasteiger charge is 2.23. The number of nitrogens with zero attached hydrogens (tertiary/aromatic N) is 2. The summed E-state index contributed by atoms with van der Waals surface area (Å²) in [5.41, 5.74) is 0.743. The van der Waals surface area contributed by atoms with E-state index in [9.17, 15) is 8.42 Å². The number of hydrogen-bond acceptors (Lipinski definition) is 6. The number of sulfonamides is 1. The number of thiophene rings is 1. The van der Waals surface area contributed by atoms with E-state index in [0.29, 0.717) is 4.88 Å².